The van der Waals surface area contributed by atoms with Crippen LogP contribution in [0.2, 0.25) is 0 Å². The van der Waals surface area contributed by atoms with Crippen molar-refractivity contribution in [2.45, 2.75) is 13.3 Å². The lowest BCUT2D eigenvalue weighted by molar-refractivity contribution is -0.153. The quantitative estimate of drug-likeness (QED) is 0.673. The zero-order valence-electron chi connectivity index (χ0n) is 18.5. The van der Waals surface area contributed by atoms with Crippen molar-refractivity contribution in [2.24, 2.45) is 0 Å². The molecule has 0 aromatic heterocycles. The number of carbonyl (C=O) groups excluding carboxylic acids is 3. The van der Waals surface area contributed by atoms with Gasteiger partial charge in [-0.2, -0.15) is 0 Å². The van der Waals surface area contributed by atoms with Gasteiger partial charge in [0.1, 0.15) is 11.5 Å². The van der Waals surface area contributed by atoms with Crippen molar-refractivity contribution in [1.29, 1.82) is 0 Å². The van der Waals surface area contributed by atoms with Gasteiger partial charge in [-0.15, -0.1) is 0 Å². The largest absolute Gasteiger partial charge is 0.497 e. The highest BCUT2D eigenvalue weighted by Crippen LogP contribution is 2.25. The molecule has 1 heterocycles. The molecule has 32 heavy (non-hydrogen) atoms. The fourth-order valence-electron chi connectivity index (χ4n) is 3.49. The van der Waals surface area contributed by atoms with E-state index in [0.29, 0.717) is 42.1 Å². The summed E-state index contributed by atoms with van der Waals surface area (Å²) in [5.74, 6) is 0.248. The maximum Gasteiger partial charge on any atom is 0.265 e. The molecule has 1 fully saturated rings. The lowest BCUT2D eigenvalue weighted by Crippen LogP contribution is -2.48. The normalized spacial score (nSPS) is 13.3. The fourth-order valence-corrected chi connectivity index (χ4v) is 3.49. The molecule has 1 N–H and O–H groups in total. The van der Waals surface area contributed by atoms with E-state index in [4.69, 9.17) is 9.47 Å². The molecule has 168 valence electrons. The molecular weight excluding hydrogens is 410 g/mol. The summed E-state index contributed by atoms with van der Waals surface area (Å²) >= 11 is 0. The van der Waals surface area contributed by atoms with Gasteiger partial charge in [-0.05, 0) is 49.2 Å². The Labute approximate surface area is 187 Å². The molecule has 8 heteroatoms. The number of methoxy groups -OCH3 is 2. The number of carbonyl (C=O) groups is 3. The second-order valence-electron chi connectivity index (χ2n) is 7.27. The van der Waals surface area contributed by atoms with Gasteiger partial charge >= 0.3 is 0 Å². The summed E-state index contributed by atoms with van der Waals surface area (Å²) in [5.41, 5.74) is 2.03. The second kappa shape index (κ2) is 10.5. The van der Waals surface area contributed by atoms with Crippen molar-refractivity contribution in [2.75, 3.05) is 33.9 Å². The Balaban J connectivity index is 1.64. The Morgan fingerprint density at radius 2 is 1.78 bits per heavy atom. The average Bonchev–Trinajstić information content (AvgIpc) is 3.31. The Morgan fingerprint density at radius 3 is 2.50 bits per heavy atom. The third-order valence-corrected chi connectivity index (χ3v) is 5.21. The smallest absolute Gasteiger partial charge is 0.265 e. The molecule has 3 rings (SSSR count). The fraction of sp³-hybridized carbons (Fsp3) is 0.292. The maximum absolute atomic E-state index is 12.8. The van der Waals surface area contributed by atoms with E-state index in [0.717, 1.165) is 5.56 Å². The Bertz CT molecular complexity index is 1030. The summed E-state index contributed by atoms with van der Waals surface area (Å²) in [7, 11) is 3.11. The maximum atomic E-state index is 12.8. The predicted octanol–water partition coefficient (Wildman–Crippen LogP) is 2.43. The Morgan fingerprint density at radius 1 is 1.03 bits per heavy atom. The number of hydrogen-bond acceptors (Lipinski definition) is 5. The van der Waals surface area contributed by atoms with Gasteiger partial charge in [0.2, 0.25) is 0 Å². The van der Waals surface area contributed by atoms with Crippen LogP contribution in [0.3, 0.4) is 0 Å². The van der Waals surface area contributed by atoms with Crippen molar-refractivity contribution < 1.29 is 23.9 Å². The van der Waals surface area contributed by atoms with Crippen LogP contribution in [-0.4, -0.2) is 61.6 Å². The molecule has 0 aliphatic carbocycles. The van der Waals surface area contributed by atoms with E-state index in [1.165, 1.54) is 16.1 Å². The summed E-state index contributed by atoms with van der Waals surface area (Å²) < 4.78 is 10.5. The van der Waals surface area contributed by atoms with E-state index in [1.54, 1.807) is 50.6 Å². The van der Waals surface area contributed by atoms with Crippen LogP contribution in [0.15, 0.2) is 48.5 Å². The summed E-state index contributed by atoms with van der Waals surface area (Å²) in [6, 6.07) is 12.4. The number of hydrazine groups is 1. The van der Waals surface area contributed by atoms with E-state index < -0.39 is 0 Å². The highest BCUT2D eigenvalue weighted by atomic mass is 16.5. The molecule has 0 atom stereocenters. The van der Waals surface area contributed by atoms with Crippen LogP contribution >= 0.6 is 0 Å². The van der Waals surface area contributed by atoms with E-state index in [1.807, 2.05) is 19.1 Å². The van der Waals surface area contributed by atoms with Crippen molar-refractivity contribution in [3.63, 3.8) is 0 Å². The highest BCUT2D eigenvalue weighted by Gasteiger charge is 2.29. The molecule has 2 aromatic rings. The van der Waals surface area contributed by atoms with Gasteiger partial charge in [-0.1, -0.05) is 18.2 Å². The zero-order chi connectivity index (χ0) is 23.1. The van der Waals surface area contributed by atoms with Crippen LogP contribution in [0, 0.1) is 6.92 Å². The molecule has 0 bridgehead atoms. The number of amides is 3. The third-order valence-electron chi connectivity index (χ3n) is 5.21. The lowest BCUT2D eigenvalue weighted by atomic mass is 10.1. The second-order valence-corrected chi connectivity index (χ2v) is 7.27. The van der Waals surface area contributed by atoms with Gasteiger partial charge in [-0.25, -0.2) is 10.0 Å². The van der Waals surface area contributed by atoms with Gasteiger partial charge < -0.3 is 14.8 Å². The Hall–Kier alpha value is -3.81. The summed E-state index contributed by atoms with van der Waals surface area (Å²) in [4.78, 5) is 37.9. The van der Waals surface area contributed by atoms with Crippen LogP contribution < -0.4 is 14.8 Å². The molecule has 0 spiro atoms. The van der Waals surface area contributed by atoms with E-state index in [9.17, 15) is 14.4 Å². The summed E-state index contributed by atoms with van der Waals surface area (Å²) in [6.45, 7) is 2.49. The predicted molar refractivity (Wildman–Crippen MR) is 120 cm³/mol. The van der Waals surface area contributed by atoms with Crippen molar-refractivity contribution in [1.82, 2.24) is 15.3 Å². The van der Waals surface area contributed by atoms with Gasteiger partial charge in [-0.3, -0.25) is 14.4 Å². The molecule has 1 aliphatic heterocycles. The van der Waals surface area contributed by atoms with Gasteiger partial charge in [0, 0.05) is 30.3 Å². The molecule has 0 radical (unpaired) electrons. The minimum absolute atomic E-state index is 0.190. The zero-order valence-corrected chi connectivity index (χ0v) is 18.5. The van der Waals surface area contributed by atoms with Crippen molar-refractivity contribution >= 4 is 23.8 Å². The van der Waals surface area contributed by atoms with Crippen LogP contribution in [0.5, 0.6) is 11.5 Å². The average molecular weight is 437 g/mol. The molecule has 1 saturated heterocycles. The van der Waals surface area contributed by atoms with Gasteiger partial charge in [0.15, 0.2) is 0 Å². The number of nitrogens with zero attached hydrogens (tertiary/aromatic N) is 2. The van der Waals surface area contributed by atoms with E-state index in [-0.39, 0.29) is 24.3 Å². The van der Waals surface area contributed by atoms with Crippen molar-refractivity contribution in [3.05, 3.63) is 65.2 Å². The van der Waals surface area contributed by atoms with E-state index >= 15 is 0 Å². The van der Waals surface area contributed by atoms with Gasteiger partial charge in [0.25, 0.3) is 17.7 Å². The Kier molecular flexibility index (Phi) is 7.49. The first-order valence-corrected chi connectivity index (χ1v) is 10.3. The van der Waals surface area contributed by atoms with Crippen molar-refractivity contribution in [3.8, 4) is 11.5 Å². The molecule has 1 aliphatic rings. The molecule has 0 saturated carbocycles. The standard InChI is InChI=1S/C24H27N3O5/c1-17-7-4-5-8-20(17)24(30)25-16-23(29)27-14-6-13-26(27)22(28)12-9-18-15-19(31-2)10-11-21(18)32-3/h4-5,7-12,15H,6,13-14,16H2,1-3H3,(H,25,30). The number of benzene rings is 2. The number of hydrogen-bond donors (Lipinski definition) is 1. The highest BCUT2D eigenvalue weighted by molar-refractivity contribution is 5.98. The molecular formula is C24H27N3O5. The number of ether oxygens (including phenoxy) is 2. The first-order valence-electron chi connectivity index (χ1n) is 10.3. The third kappa shape index (κ3) is 5.26. The summed E-state index contributed by atoms with van der Waals surface area (Å²) in [6.07, 6.45) is 3.69. The minimum Gasteiger partial charge on any atom is -0.497 e. The monoisotopic (exact) mass is 437 g/mol. The number of nitrogens with one attached hydrogen (secondary N) is 1. The molecule has 8 nitrogen and oxygen atoms in total. The number of aryl methyl sites for hydroxylation is 1. The van der Waals surface area contributed by atoms with Crippen LogP contribution in [-0.2, 0) is 9.59 Å². The van der Waals surface area contributed by atoms with Crippen LogP contribution in [0.1, 0.15) is 27.9 Å². The minimum atomic E-state index is -0.342. The lowest BCUT2D eigenvalue weighted by Gasteiger charge is -2.27. The topological polar surface area (TPSA) is 88.2 Å². The molecule has 2 aromatic carbocycles. The van der Waals surface area contributed by atoms with E-state index in [2.05, 4.69) is 5.32 Å². The van der Waals surface area contributed by atoms with Gasteiger partial charge in [0.05, 0.1) is 20.8 Å². The number of rotatable bonds is 7. The summed E-state index contributed by atoms with van der Waals surface area (Å²) in [5, 5.41) is 5.42. The van der Waals surface area contributed by atoms with Crippen LogP contribution in [0.25, 0.3) is 6.08 Å². The molecule has 3 amide bonds. The molecule has 0 unspecified atom stereocenters. The first kappa shape index (κ1) is 22.9. The SMILES string of the molecule is COc1ccc(OC)c(C=CC(=O)N2CCCN2C(=O)CNC(=O)c2ccccc2C)c1. The first-order chi connectivity index (χ1) is 15.4. The van der Waals surface area contributed by atoms with Crippen LogP contribution in [0.4, 0.5) is 0 Å².